The first-order chi connectivity index (χ1) is 7.87. The third-order valence-corrected chi connectivity index (χ3v) is 3.23. The highest BCUT2D eigenvalue weighted by Gasteiger charge is 2.41. The number of ether oxygens (including phenoxy) is 2. The summed E-state index contributed by atoms with van der Waals surface area (Å²) in [5.41, 5.74) is -0.433. The zero-order valence-electron chi connectivity index (χ0n) is 11.1. The number of hydrogen-bond donors (Lipinski definition) is 0. The Kier molecular flexibility index (Phi) is 3.32. The summed E-state index contributed by atoms with van der Waals surface area (Å²) in [4.78, 5) is 16.0. The molecule has 5 heteroatoms. The van der Waals surface area contributed by atoms with E-state index in [1.165, 1.54) is 0 Å². The molecule has 1 amide bonds. The molecule has 0 saturated carbocycles. The monoisotopic (exact) mass is 242 g/mol. The first kappa shape index (κ1) is 12.6. The minimum Gasteiger partial charge on any atom is -0.444 e. The van der Waals surface area contributed by atoms with Crippen LogP contribution in [0.5, 0.6) is 0 Å². The van der Waals surface area contributed by atoms with Crippen LogP contribution in [0.25, 0.3) is 0 Å². The summed E-state index contributed by atoms with van der Waals surface area (Å²) in [5.74, 6) is 0. The topological polar surface area (TPSA) is 42.0 Å². The summed E-state index contributed by atoms with van der Waals surface area (Å²) in [6.45, 7) is 8.69. The molecular weight excluding hydrogens is 220 g/mol. The summed E-state index contributed by atoms with van der Waals surface area (Å²) in [6.07, 6.45) is -0.0924. The standard InChI is InChI=1S/C12H22N2O3/c1-12(2,3)17-11(15)14-7-9-10(8-14)16-6-5-13(9)4/h9-10H,5-8H2,1-4H3. The van der Waals surface area contributed by atoms with Gasteiger partial charge in [-0.2, -0.15) is 0 Å². The molecule has 0 bridgehead atoms. The van der Waals surface area contributed by atoms with Crippen molar-refractivity contribution in [3.8, 4) is 0 Å². The van der Waals surface area contributed by atoms with Gasteiger partial charge >= 0.3 is 6.09 Å². The van der Waals surface area contributed by atoms with E-state index in [0.717, 1.165) is 13.2 Å². The smallest absolute Gasteiger partial charge is 0.410 e. The van der Waals surface area contributed by atoms with Crippen LogP contribution >= 0.6 is 0 Å². The molecule has 0 radical (unpaired) electrons. The number of nitrogens with zero attached hydrogens (tertiary/aromatic N) is 2. The van der Waals surface area contributed by atoms with Crippen LogP contribution in [0, 0.1) is 0 Å². The maximum absolute atomic E-state index is 11.9. The first-order valence-electron chi connectivity index (χ1n) is 6.16. The second-order valence-corrected chi connectivity index (χ2v) is 5.84. The Morgan fingerprint density at radius 3 is 2.65 bits per heavy atom. The minimum atomic E-state index is -0.433. The van der Waals surface area contributed by atoms with Gasteiger partial charge in [0.2, 0.25) is 0 Å². The van der Waals surface area contributed by atoms with Crippen molar-refractivity contribution in [1.82, 2.24) is 9.80 Å². The van der Waals surface area contributed by atoms with Crippen molar-refractivity contribution in [2.75, 3.05) is 33.3 Å². The van der Waals surface area contributed by atoms with Crippen LogP contribution < -0.4 is 0 Å². The van der Waals surface area contributed by atoms with Gasteiger partial charge in [-0.15, -0.1) is 0 Å². The van der Waals surface area contributed by atoms with Gasteiger partial charge in [-0.1, -0.05) is 0 Å². The van der Waals surface area contributed by atoms with Crippen molar-refractivity contribution in [1.29, 1.82) is 0 Å². The molecule has 0 spiro atoms. The van der Waals surface area contributed by atoms with E-state index in [0.29, 0.717) is 19.1 Å². The van der Waals surface area contributed by atoms with Gasteiger partial charge in [-0.3, -0.25) is 4.90 Å². The minimum absolute atomic E-state index is 0.140. The second kappa shape index (κ2) is 4.46. The van der Waals surface area contributed by atoms with Crippen LogP contribution in [0.3, 0.4) is 0 Å². The average molecular weight is 242 g/mol. The van der Waals surface area contributed by atoms with Crippen molar-refractivity contribution in [2.45, 2.75) is 38.5 Å². The zero-order chi connectivity index (χ0) is 12.6. The second-order valence-electron chi connectivity index (χ2n) is 5.84. The van der Waals surface area contributed by atoms with Gasteiger partial charge in [0.05, 0.1) is 25.3 Å². The molecule has 5 nitrogen and oxygen atoms in total. The van der Waals surface area contributed by atoms with E-state index in [4.69, 9.17) is 9.47 Å². The van der Waals surface area contributed by atoms with Crippen molar-refractivity contribution in [3.05, 3.63) is 0 Å². The lowest BCUT2D eigenvalue weighted by molar-refractivity contribution is -0.0372. The van der Waals surface area contributed by atoms with E-state index in [-0.39, 0.29) is 12.2 Å². The molecule has 0 N–H and O–H groups in total. The van der Waals surface area contributed by atoms with Gasteiger partial charge in [0.1, 0.15) is 5.60 Å². The highest BCUT2D eigenvalue weighted by Crippen LogP contribution is 2.23. The van der Waals surface area contributed by atoms with Crippen LogP contribution in [-0.2, 0) is 9.47 Å². The van der Waals surface area contributed by atoms with Crippen molar-refractivity contribution in [3.63, 3.8) is 0 Å². The highest BCUT2D eigenvalue weighted by molar-refractivity contribution is 5.68. The number of carbonyl (C=O) groups is 1. The molecule has 0 aromatic rings. The van der Waals surface area contributed by atoms with Gasteiger partial charge in [0.25, 0.3) is 0 Å². The normalized spacial score (nSPS) is 30.2. The average Bonchev–Trinajstić information content (AvgIpc) is 2.60. The Bertz CT molecular complexity index is 301. The molecule has 2 rings (SSSR count). The van der Waals surface area contributed by atoms with Crippen molar-refractivity contribution in [2.24, 2.45) is 0 Å². The largest absolute Gasteiger partial charge is 0.444 e. The lowest BCUT2D eigenvalue weighted by Gasteiger charge is -2.33. The predicted octanol–water partition coefficient (Wildman–Crippen LogP) is 0.936. The van der Waals surface area contributed by atoms with Crippen LogP contribution in [0.1, 0.15) is 20.8 Å². The lowest BCUT2D eigenvalue weighted by atomic mass is 10.1. The van der Waals surface area contributed by atoms with Crippen LogP contribution in [0.4, 0.5) is 4.79 Å². The number of rotatable bonds is 0. The Hall–Kier alpha value is -0.810. The fourth-order valence-corrected chi connectivity index (χ4v) is 2.33. The Balaban J connectivity index is 1.95. The fourth-order valence-electron chi connectivity index (χ4n) is 2.33. The zero-order valence-corrected chi connectivity index (χ0v) is 11.1. The van der Waals surface area contributed by atoms with E-state index in [1.807, 2.05) is 20.8 Å². The van der Waals surface area contributed by atoms with E-state index in [9.17, 15) is 4.79 Å². The predicted molar refractivity (Wildman–Crippen MR) is 64.0 cm³/mol. The van der Waals surface area contributed by atoms with Gasteiger partial charge in [-0.25, -0.2) is 4.79 Å². The molecule has 2 unspecified atom stereocenters. The highest BCUT2D eigenvalue weighted by atomic mass is 16.6. The first-order valence-corrected chi connectivity index (χ1v) is 6.16. The van der Waals surface area contributed by atoms with E-state index in [1.54, 1.807) is 4.90 Å². The van der Waals surface area contributed by atoms with Crippen LogP contribution in [0.2, 0.25) is 0 Å². The van der Waals surface area contributed by atoms with Crippen molar-refractivity contribution >= 4 is 6.09 Å². The summed E-state index contributed by atoms with van der Waals surface area (Å²) >= 11 is 0. The van der Waals surface area contributed by atoms with Crippen LogP contribution in [0.15, 0.2) is 0 Å². The number of likely N-dealkylation sites (N-methyl/N-ethyl adjacent to an activating group) is 1. The fraction of sp³-hybridized carbons (Fsp3) is 0.917. The van der Waals surface area contributed by atoms with Gasteiger partial charge < -0.3 is 14.4 Å². The van der Waals surface area contributed by atoms with E-state index >= 15 is 0 Å². The summed E-state index contributed by atoms with van der Waals surface area (Å²) < 4.78 is 11.1. The molecule has 17 heavy (non-hydrogen) atoms. The Labute approximate surface area is 103 Å². The molecule has 98 valence electrons. The molecule has 0 aromatic heterocycles. The molecule has 2 atom stereocenters. The van der Waals surface area contributed by atoms with E-state index < -0.39 is 5.60 Å². The molecule has 2 aliphatic heterocycles. The summed E-state index contributed by atoms with van der Waals surface area (Å²) in [5, 5.41) is 0. The van der Waals surface area contributed by atoms with Gasteiger partial charge in [0, 0.05) is 13.1 Å². The number of amides is 1. The number of hydrogen-bond acceptors (Lipinski definition) is 4. The molecular formula is C12H22N2O3. The third-order valence-electron chi connectivity index (χ3n) is 3.23. The number of carbonyl (C=O) groups excluding carboxylic acids is 1. The Morgan fingerprint density at radius 2 is 2.06 bits per heavy atom. The maximum atomic E-state index is 11.9. The third kappa shape index (κ3) is 2.90. The van der Waals surface area contributed by atoms with E-state index in [2.05, 4.69) is 11.9 Å². The number of likely N-dealkylation sites (tertiary alicyclic amines) is 1. The molecule has 2 fully saturated rings. The quantitative estimate of drug-likeness (QED) is 0.634. The lowest BCUT2D eigenvalue weighted by Crippen LogP contribution is -2.48. The molecule has 2 saturated heterocycles. The molecule has 0 aromatic carbocycles. The summed E-state index contributed by atoms with van der Waals surface area (Å²) in [7, 11) is 2.08. The molecule has 0 aliphatic carbocycles. The Morgan fingerprint density at radius 1 is 1.35 bits per heavy atom. The maximum Gasteiger partial charge on any atom is 0.410 e. The SMILES string of the molecule is CN1CCOC2CN(C(=O)OC(C)(C)C)CC21. The van der Waals surface area contributed by atoms with Crippen molar-refractivity contribution < 1.29 is 14.3 Å². The van der Waals surface area contributed by atoms with Gasteiger partial charge in [0.15, 0.2) is 0 Å². The molecule has 2 heterocycles. The van der Waals surface area contributed by atoms with Crippen LogP contribution in [-0.4, -0.2) is 66.9 Å². The number of morpholine rings is 1. The summed E-state index contributed by atoms with van der Waals surface area (Å²) in [6, 6.07) is 0.316. The molecule has 2 aliphatic rings. The van der Waals surface area contributed by atoms with Gasteiger partial charge in [-0.05, 0) is 27.8 Å². The number of fused-ring (bicyclic) bond motifs is 1.